The predicted octanol–water partition coefficient (Wildman–Crippen LogP) is 3.74. The average molecular weight is 422 g/mol. The topological polar surface area (TPSA) is 98.4 Å². The molecule has 1 heterocycles. The van der Waals surface area contributed by atoms with E-state index in [0.29, 0.717) is 28.7 Å². The van der Waals surface area contributed by atoms with Crippen molar-refractivity contribution < 1.29 is 19.0 Å². The molecule has 1 saturated carbocycles. The van der Waals surface area contributed by atoms with Gasteiger partial charge in [-0.25, -0.2) is 4.98 Å². The van der Waals surface area contributed by atoms with Gasteiger partial charge in [0, 0.05) is 11.1 Å². The van der Waals surface area contributed by atoms with Gasteiger partial charge in [0.15, 0.2) is 17.3 Å². The van der Waals surface area contributed by atoms with Crippen molar-refractivity contribution in [3.63, 3.8) is 0 Å². The summed E-state index contributed by atoms with van der Waals surface area (Å²) in [6.45, 7) is 0.227. The average Bonchev–Trinajstić information content (AvgIpc) is 3.50. The van der Waals surface area contributed by atoms with Gasteiger partial charge in [0.05, 0.1) is 26.9 Å². The normalized spacial score (nSPS) is 13.7. The molecule has 0 unspecified atom stereocenters. The Morgan fingerprint density at radius 3 is 2.55 bits per heavy atom. The second kappa shape index (κ2) is 9.51. The third kappa shape index (κ3) is 4.96. The minimum atomic E-state index is -0.229. The lowest BCUT2D eigenvalue weighted by Crippen LogP contribution is -2.23. The molecule has 4 rings (SSSR count). The zero-order chi connectivity index (χ0) is 21.6. The Morgan fingerprint density at radius 1 is 1.06 bits per heavy atom. The summed E-state index contributed by atoms with van der Waals surface area (Å²) in [7, 11) is 3.20. The number of amides is 1. The third-order valence-corrected chi connectivity index (χ3v) is 5.32. The van der Waals surface area contributed by atoms with E-state index in [-0.39, 0.29) is 18.6 Å². The largest absolute Gasteiger partial charge is 0.497 e. The molecule has 1 aliphatic rings. The zero-order valence-electron chi connectivity index (χ0n) is 17.7. The van der Waals surface area contributed by atoms with Gasteiger partial charge in [-0.15, -0.1) is 0 Å². The van der Waals surface area contributed by atoms with Gasteiger partial charge in [-0.3, -0.25) is 9.89 Å². The van der Waals surface area contributed by atoms with Gasteiger partial charge >= 0.3 is 0 Å². The summed E-state index contributed by atoms with van der Waals surface area (Å²) in [6, 6.07) is 12.7. The van der Waals surface area contributed by atoms with Gasteiger partial charge in [0.2, 0.25) is 0 Å². The van der Waals surface area contributed by atoms with Gasteiger partial charge in [0.25, 0.3) is 5.91 Å². The molecule has 0 atom stereocenters. The number of benzene rings is 2. The highest BCUT2D eigenvalue weighted by Gasteiger charge is 2.19. The molecule has 0 bridgehead atoms. The van der Waals surface area contributed by atoms with Crippen LogP contribution < -0.4 is 19.5 Å². The minimum Gasteiger partial charge on any atom is -0.497 e. The second-order valence-electron chi connectivity index (χ2n) is 7.41. The molecule has 3 aromatic rings. The van der Waals surface area contributed by atoms with Crippen molar-refractivity contribution in [1.82, 2.24) is 20.5 Å². The van der Waals surface area contributed by atoms with Crippen LogP contribution in [0, 0.1) is 0 Å². The number of methoxy groups -OCH3 is 2. The van der Waals surface area contributed by atoms with Gasteiger partial charge in [-0.2, -0.15) is 5.10 Å². The Morgan fingerprint density at radius 2 is 1.84 bits per heavy atom. The monoisotopic (exact) mass is 422 g/mol. The number of nitrogens with zero attached hydrogens (tertiary/aromatic N) is 2. The van der Waals surface area contributed by atoms with E-state index in [2.05, 4.69) is 20.5 Å². The molecule has 1 fully saturated rings. The zero-order valence-corrected chi connectivity index (χ0v) is 17.7. The van der Waals surface area contributed by atoms with Crippen LogP contribution in [0.5, 0.6) is 17.2 Å². The third-order valence-electron chi connectivity index (χ3n) is 5.32. The summed E-state index contributed by atoms with van der Waals surface area (Å²) >= 11 is 0. The van der Waals surface area contributed by atoms with Crippen LogP contribution in [0.2, 0.25) is 0 Å². The molecule has 8 nitrogen and oxygen atoms in total. The van der Waals surface area contributed by atoms with Crippen molar-refractivity contribution in [3.05, 3.63) is 53.9 Å². The summed E-state index contributed by atoms with van der Waals surface area (Å²) in [5.74, 6) is 2.88. The fourth-order valence-corrected chi connectivity index (χ4v) is 3.60. The highest BCUT2D eigenvalue weighted by atomic mass is 16.5. The van der Waals surface area contributed by atoms with Crippen molar-refractivity contribution in [2.75, 3.05) is 14.2 Å². The lowest BCUT2D eigenvalue weighted by Gasteiger charge is -2.16. The fraction of sp³-hybridized carbons (Fsp3) is 0.348. The van der Waals surface area contributed by atoms with Crippen molar-refractivity contribution in [1.29, 1.82) is 0 Å². The van der Waals surface area contributed by atoms with E-state index in [4.69, 9.17) is 14.2 Å². The second-order valence-corrected chi connectivity index (χ2v) is 7.41. The van der Waals surface area contributed by atoms with Crippen molar-refractivity contribution in [3.8, 4) is 28.6 Å². The molecular formula is C23H26N4O4. The number of hydrogen-bond donors (Lipinski definition) is 2. The first-order valence-electron chi connectivity index (χ1n) is 10.3. The molecule has 162 valence electrons. The van der Waals surface area contributed by atoms with E-state index in [1.165, 1.54) is 12.8 Å². The van der Waals surface area contributed by atoms with Gasteiger partial charge in [0.1, 0.15) is 11.6 Å². The molecular weight excluding hydrogens is 396 g/mol. The summed E-state index contributed by atoms with van der Waals surface area (Å²) in [6.07, 6.45) is 4.71. The van der Waals surface area contributed by atoms with Gasteiger partial charge < -0.3 is 19.5 Å². The molecule has 1 aliphatic carbocycles. The maximum absolute atomic E-state index is 12.6. The number of H-pyrrole nitrogens is 1. The Labute approximate surface area is 180 Å². The Balaban J connectivity index is 1.37. The summed E-state index contributed by atoms with van der Waals surface area (Å²) in [5, 5.41) is 9.93. The molecule has 31 heavy (non-hydrogen) atoms. The van der Waals surface area contributed by atoms with Gasteiger partial charge in [-0.05, 0) is 68.1 Å². The molecule has 0 saturated heterocycles. The van der Waals surface area contributed by atoms with E-state index in [1.54, 1.807) is 32.4 Å². The van der Waals surface area contributed by atoms with Crippen LogP contribution in [0.1, 0.15) is 41.9 Å². The van der Waals surface area contributed by atoms with E-state index in [0.717, 1.165) is 24.2 Å². The van der Waals surface area contributed by atoms with E-state index in [1.807, 2.05) is 24.3 Å². The Kier molecular flexibility index (Phi) is 6.35. The number of hydrogen-bond acceptors (Lipinski definition) is 6. The number of aromatic nitrogens is 3. The maximum atomic E-state index is 12.6. The first-order valence-corrected chi connectivity index (χ1v) is 10.3. The summed E-state index contributed by atoms with van der Waals surface area (Å²) < 4.78 is 16.6. The number of carbonyl (C=O) groups is 1. The SMILES string of the molecule is COc1ccc(-c2n[nH]c(CNC(=O)c3ccc(OC4CCCC4)c(OC)c3)n2)cc1. The quantitative estimate of drug-likeness (QED) is 0.574. The van der Waals surface area contributed by atoms with Crippen LogP contribution >= 0.6 is 0 Å². The summed E-state index contributed by atoms with van der Waals surface area (Å²) in [5.41, 5.74) is 1.35. The van der Waals surface area contributed by atoms with Crippen LogP contribution in [0.25, 0.3) is 11.4 Å². The molecule has 2 N–H and O–H groups in total. The lowest BCUT2D eigenvalue weighted by molar-refractivity contribution is 0.0949. The van der Waals surface area contributed by atoms with Crippen molar-refractivity contribution >= 4 is 5.91 Å². The molecule has 0 radical (unpaired) electrons. The van der Waals surface area contributed by atoms with Crippen LogP contribution in [0.4, 0.5) is 0 Å². The smallest absolute Gasteiger partial charge is 0.251 e. The number of carbonyl (C=O) groups excluding carboxylic acids is 1. The molecule has 2 aromatic carbocycles. The minimum absolute atomic E-state index is 0.222. The van der Waals surface area contributed by atoms with Gasteiger partial charge in [-0.1, -0.05) is 0 Å². The number of ether oxygens (including phenoxy) is 3. The molecule has 0 aliphatic heterocycles. The first kappa shape index (κ1) is 20.7. The van der Waals surface area contributed by atoms with E-state index in [9.17, 15) is 4.79 Å². The van der Waals surface area contributed by atoms with E-state index < -0.39 is 0 Å². The predicted molar refractivity (Wildman–Crippen MR) is 115 cm³/mol. The fourth-order valence-electron chi connectivity index (χ4n) is 3.60. The van der Waals surface area contributed by atoms with Crippen LogP contribution in [-0.4, -0.2) is 41.4 Å². The van der Waals surface area contributed by atoms with Crippen LogP contribution in [0.3, 0.4) is 0 Å². The molecule has 8 heteroatoms. The number of rotatable bonds is 8. The molecule has 1 amide bonds. The Bertz CT molecular complexity index is 1030. The highest BCUT2D eigenvalue weighted by molar-refractivity contribution is 5.94. The highest BCUT2D eigenvalue weighted by Crippen LogP contribution is 2.32. The standard InChI is InChI=1S/C23H26N4O4/c1-29-17-10-7-15(8-11-17)22-25-21(26-27-22)14-24-23(28)16-9-12-19(20(13-16)30-2)31-18-5-3-4-6-18/h7-13,18H,3-6,14H2,1-2H3,(H,24,28)(H,25,26,27). The van der Waals surface area contributed by atoms with Crippen LogP contribution in [-0.2, 0) is 6.54 Å². The van der Waals surface area contributed by atoms with E-state index >= 15 is 0 Å². The Hall–Kier alpha value is -3.55. The maximum Gasteiger partial charge on any atom is 0.251 e. The first-order chi connectivity index (χ1) is 15.2. The van der Waals surface area contributed by atoms with Crippen molar-refractivity contribution in [2.24, 2.45) is 0 Å². The molecule has 0 spiro atoms. The number of nitrogens with one attached hydrogen (secondary N) is 2. The summed E-state index contributed by atoms with van der Waals surface area (Å²) in [4.78, 5) is 17.0. The van der Waals surface area contributed by atoms with Crippen molar-refractivity contribution in [2.45, 2.75) is 38.3 Å². The lowest BCUT2D eigenvalue weighted by atomic mass is 10.2. The molecule has 1 aromatic heterocycles. The number of aromatic amines is 1. The van der Waals surface area contributed by atoms with Crippen LogP contribution in [0.15, 0.2) is 42.5 Å².